The van der Waals surface area contributed by atoms with E-state index in [2.05, 4.69) is 15.0 Å². The summed E-state index contributed by atoms with van der Waals surface area (Å²) in [5.74, 6) is 0. The Labute approximate surface area is 131 Å². The molecule has 0 saturated carbocycles. The van der Waals surface area contributed by atoms with Gasteiger partial charge in [-0.25, -0.2) is 13.1 Å². The minimum atomic E-state index is -3.81. The first-order valence-corrected chi connectivity index (χ1v) is 8.11. The summed E-state index contributed by atoms with van der Waals surface area (Å²) in [4.78, 5) is -0.129. The van der Waals surface area contributed by atoms with Crippen LogP contribution in [0.3, 0.4) is 0 Å². The van der Waals surface area contributed by atoms with Crippen molar-refractivity contribution in [2.45, 2.75) is 18.0 Å². The molecular formula is C11H12Cl2N4O3S. The van der Waals surface area contributed by atoms with Crippen molar-refractivity contribution in [1.29, 1.82) is 0 Å². The molecule has 7 nitrogen and oxygen atoms in total. The SMILES string of the molecule is O=S(=O)(NCCn1ccnn1)c1ccc(Cl)c(CO)c1Cl. The van der Waals surface area contributed by atoms with Crippen molar-refractivity contribution >= 4 is 33.2 Å². The number of hydrogen-bond acceptors (Lipinski definition) is 5. The first kappa shape index (κ1) is 16.2. The Balaban J connectivity index is 2.16. The van der Waals surface area contributed by atoms with Gasteiger partial charge in [-0.3, -0.25) is 4.68 Å². The Kier molecular flexibility index (Phi) is 5.17. The lowest BCUT2D eigenvalue weighted by molar-refractivity contribution is 0.281. The van der Waals surface area contributed by atoms with Gasteiger partial charge in [-0.1, -0.05) is 28.4 Å². The van der Waals surface area contributed by atoms with Crippen LogP contribution in [-0.2, 0) is 23.2 Å². The third kappa shape index (κ3) is 3.72. The van der Waals surface area contributed by atoms with Crippen LogP contribution in [0, 0.1) is 0 Å². The van der Waals surface area contributed by atoms with Gasteiger partial charge in [-0.05, 0) is 12.1 Å². The van der Waals surface area contributed by atoms with E-state index in [1.54, 1.807) is 6.20 Å². The maximum atomic E-state index is 12.2. The molecular weight excluding hydrogens is 339 g/mol. The van der Waals surface area contributed by atoms with Gasteiger partial charge < -0.3 is 5.11 Å². The van der Waals surface area contributed by atoms with Gasteiger partial charge in [0.1, 0.15) is 4.90 Å². The smallest absolute Gasteiger partial charge is 0.242 e. The second-order valence-corrected chi connectivity index (χ2v) is 6.58. The highest BCUT2D eigenvalue weighted by Crippen LogP contribution is 2.30. The Morgan fingerprint density at radius 3 is 2.71 bits per heavy atom. The third-order valence-corrected chi connectivity index (χ3v) is 5.10. The Bertz CT molecular complexity index is 719. The molecule has 0 spiro atoms. The zero-order chi connectivity index (χ0) is 15.5. The molecule has 0 bridgehead atoms. The summed E-state index contributed by atoms with van der Waals surface area (Å²) in [6, 6.07) is 2.67. The van der Waals surface area contributed by atoms with Gasteiger partial charge in [-0.15, -0.1) is 5.10 Å². The number of rotatable bonds is 6. The molecule has 2 N–H and O–H groups in total. The van der Waals surface area contributed by atoms with E-state index in [9.17, 15) is 13.5 Å². The molecule has 0 fully saturated rings. The topological polar surface area (TPSA) is 97.1 Å². The van der Waals surface area contributed by atoms with Crippen molar-refractivity contribution in [2.75, 3.05) is 6.54 Å². The lowest BCUT2D eigenvalue weighted by atomic mass is 10.2. The molecule has 0 amide bonds. The van der Waals surface area contributed by atoms with Crippen molar-refractivity contribution in [3.05, 3.63) is 40.1 Å². The predicted octanol–water partition coefficient (Wildman–Crippen LogP) is 1.06. The average molecular weight is 351 g/mol. The normalized spacial score (nSPS) is 11.8. The van der Waals surface area contributed by atoms with E-state index in [0.29, 0.717) is 6.54 Å². The zero-order valence-corrected chi connectivity index (χ0v) is 13.0. The molecule has 0 saturated heterocycles. The van der Waals surface area contributed by atoms with Crippen molar-refractivity contribution in [1.82, 2.24) is 19.7 Å². The quantitative estimate of drug-likeness (QED) is 0.811. The van der Waals surface area contributed by atoms with E-state index >= 15 is 0 Å². The van der Waals surface area contributed by atoms with Crippen LogP contribution in [0.5, 0.6) is 0 Å². The maximum absolute atomic E-state index is 12.2. The summed E-state index contributed by atoms with van der Waals surface area (Å²) in [7, 11) is -3.81. The molecule has 2 aromatic rings. The Hall–Kier alpha value is -1.19. The number of sulfonamides is 1. The van der Waals surface area contributed by atoms with Crippen molar-refractivity contribution in [2.24, 2.45) is 0 Å². The number of halogens is 2. The molecule has 2 rings (SSSR count). The number of benzene rings is 1. The van der Waals surface area contributed by atoms with E-state index in [0.717, 1.165) is 0 Å². The molecule has 1 heterocycles. The molecule has 114 valence electrons. The lowest BCUT2D eigenvalue weighted by Gasteiger charge is -2.11. The van der Waals surface area contributed by atoms with Gasteiger partial charge in [-0.2, -0.15) is 0 Å². The van der Waals surface area contributed by atoms with Gasteiger partial charge in [0.15, 0.2) is 0 Å². The fraction of sp³-hybridized carbons (Fsp3) is 0.273. The van der Waals surface area contributed by atoms with Gasteiger partial charge in [0.25, 0.3) is 0 Å². The fourth-order valence-corrected chi connectivity index (χ4v) is 3.57. The number of nitrogens with zero attached hydrogens (tertiary/aromatic N) is 3. The van der Waals surface area contributed by atoms with Crippen LogP contribution in [0.25, 0.3) is 0 Å². The molecule has 1 aromatic carbocycles. The van der Waals surface area contributed by atoms with Crippen LogP contribution in [0.2, 0.25) is 10.0 Å². The highest BCUT2D eigenvalue weighted by molar-refractivity contribution is 7.89. The summed E-state index contributed by atoms with van der Waals surface area (Å²) in [5.41, 5.74) is 0.178. The molecule has 0 aliphatic rings. The van der Waals surface area contributed by atoms with Crippen LogP contribution < -0.4 is 4.72 Å². The van der Waals surface area contributed by atoms with Gasteiger partial charge >= 0.3 is 0 Å². The maximum Gasteiger partial charge on any atom is 0.242 e. The van der Waals surface area contributed by atoms with E-state index in [-0.39, 0.29) is 27.0 Å². The number of aliphatic hydroxyl groups excluding tert-OH is 1. The van der Waals surface area contributed by atoms with Crippen LogP contribution in [0.4, 0.5) is 0 Å². The monoisotopic (exact) mass is 350 g/mol. The highest BCUT2D eigenvalue weighted by Gasteiger charge is 2.21. The van der Waals surface area contributed by atoms with Gasteiger partial charge in [0.2, 0.25) is 10.0 Å². The summed E-state index contributed by atoms with van der Waals surface area (Å²) >= 11 is 11.8. The van der Waals surface area contributed by atoms with Crippen LogP contribution in [-0.4, -0.2) is 35.1 Å². The van der Waals surface area contributed by atoms with E-state index < -0.39 is 16.6 Å². The molecule has 0 radical (unpaired) electrons. The summed E-state index contributed by atoms with van der Waals surface area (Å²) in [5, 5.41) is 16.6. The Morgan fingerprint density at radius 2 is 2.10 bits per heavy atom. The van der Waals surface area contributed by atoms with Gasteiger partial charge in [0.05, 0.1) is 24.4 Å². The van der Waals surface area contributed by atoms with Crippen LogP contribution in [0.1, 0.15) is 5.56 Å². The standard InChI is InChI=1S/C11H12Cl2N4O3S/c12-9-1-2-10(11(13)8(9)7-18)21(19,20)15-4-6-17-5-3-14-16-17/h1-3,5,15,18H,4,6-7H2. The second-order valence-electron chi connectivity index (χ2n) is 4.06. The van der Waals surface area contributed by atoms with Crippen LogP contribution >= 0.6 is 23.2 Å². The molecule has 10 heteroatoms. The molecule has 0 atom stereocenters. The molecule has 1 aromatic heterocycles. The largest absolute Gasteiger partial charge is 0.392 e. The minimum Gasteiger partial charge on any atom is -0.392 e. The van der Waals surface area contributed by atoms with Crippen LogP contribution in [0.15, 0.2) is 29.4 Å². The van der Waals surface area contributed by atoms with E-state index in [4.69, 9.17) is 23.2 Å². The molecule has 0 aliphatic heterocycles. The van der Waals surface area contributed by atoms with Gasteiger partial charge in [0, 0.05) is 23.3 Å². The number of nitrogens with one attached hydrogen (secondary N) is 1. The van der Waals surface area contributed by atoms with E-state index in [1.807, 2.05) is 0 Å². The summed E-state index contributed by atoms with van der Waals surface area (Å²) in [6.45, 7) is 0.0103. The predicted molar refractivity (Wildman–Crippen MR) is 77.6 cm³/mol. The van der Waals surface area contributed by atoms with E-state index in [1.165, 1.54) is 23.0 Å². The van der Waals surface area contributed by atoms with Crippen molar-refractivity contribution in [3.63, 3.8) is 0 Å². The van der Waals surface area contributed by atoms with Crippen molar-refractivity contribution in [3.8, 4) is 0 Å². The molecule has 21 heavy (non-hydrogen) atoms. The summed E-state index contributed by atoms with van der Waals surface area (Å²) in [6.07, 6.45) is 3.12. The average Bonchev–Trinajstić information content (AvgIpc) is 2.92. The zero-order valence-electron chi connectivity index (χ0n) is 10.7. The lowest BCUT2D eigenvalue weighted by Crippen LogP contribution is -2.28. The third-order valence-electron chi connectivity index (χ3n) is 2.70. The first-order chi connectivity index (χ1) is 9.95. The minimum absolute atomic E-state index is 0.0849. The Morgan fingerprint density at radius 1 is 1.33 bits per heavy atom. The molecule has 0 aliphatic carbocycles. The van der Waals surface area contributed by atoms with Crippen molar-refractivity contribution < 1.29 is 13.5 Å². The highest BCUT2D eigenvalue weighted by atomic mass is 35.5. The number of aliphatic hydroxyl groups is 1. The number of hydrogen-bond donors (Lipinski definition) is 2. The summed E-state index contributed by atoms with van der Waals surface area (Å²) < 4.78 is 28.3. The number of aromatic nitrogens is 3. The first-order valence-electron chi connectivity index (χ1n) is 5.87. The molecule has 0 unspecified atom stereocenters. The second kappa shape index (κ2) is 6.71. The fourth-order valence-electron chi connectivity index (χ4n) is 1.65.